The lowest BCUT2D eigenvalue weighted by Gasteiger charge is -2.41. The number of aliphatic hydroxyl groups is 1. The lowest BCUT2D eigenvalue weighted by Crippen LogP contribution is -2.52. The summed E-state index contributed by atoms with van der Waals surface area (Å²) in [4.78, 5) is 8.90. The molecule has 22 heavy (non-hydrogen) atoms. The minimum absolute atomic E-state index is 0.483. The third kappa shape index (κ3) is 3.40. The maximum atomic E-state index is 10.7. The second-order valence-corrected chi connectivity index (χ2v) is 6.53. The molecule has 1 N–H and O–H groups in total. The van der Waals surface area contributed by atoms with E-state index < -0.39 is 5.60 Å². The van der Waals surface area contributed by atoms with Gasteiger partial charge in [0.1, 0.15) is 11.9 Å². The van der Waals surface area contributed by atoms with E-state index in [4.69, 9.17) is 0 Å². The maximum Gasteiger partial charge on any atom is 0.146 e. The van der Waals surface area contributed by atoms with Crippen molar-refractivity contribution in [1.29, 1.82) is 5.26 Å². The highest BCUT2D eigenvalue weighted by atomic mass is 16.3. The summed E-state index contributed by atoms with van der Waals surface area (Å²) >= 11 is 0. The van der Waals surface area contributed by atoms with Gasteiger partial charge in [0, 0.05) is 38.9 Å². The molecule has 0 spiro atoms. The number of hydrogen-bond acceptors (Lipinski definition) is 5. The molecule has 1 aliphatic carbocycles. The van der Waals surface area contributed by atoms with Gasteiger partial charge in [-0.05, 0) is 25.0 Å². The molecule has 2 fully saturated rings. The van der Waals surface area contributed by atoms with Crippen molar-refractivity contribution in [1.82, 2.24) is 9.88 Å². The first-order valence-electron chi connectivity index (χ1n) is 8.25. The van der Waals surface area contributed by atoms with Crippen LogP contribution in [0.1, 0.15) is 37.7 Å². The van der Waals surface area contributed by atoms with Crippen molar-refractivity contribution in [3.63, 3.8) is 0 Å². The Hall–Kier alpha value is -1.64. The highest BCUT2D eigenvalue weighted by molar-refractivity contribution is 5.53. The van der Waals surface area contributed by atoms with E-state index in [-0.39, 0.29) is 0 Å². The van der Waals surface area contributed by atoms with E-state index in [0.29, 0.717) is 5.56 Å². The van der Waals surface area contributed by atoms with Crippen LogP contribution < -0.4 is 4.90 Å². The van der Waals surface area contributed by atoms with E-state index in [1.165, 1.54) is 6.42 Å². The fourth-order valence-electron chi connectivity index (χ4n) is 3.64. The first-order chi connectivity index (χ1) is 10.7. The summed E-state index contributed by atoms with van der Waals surface area (Å²) in [5, 5.41) is 19.9. The number of hydrogen-bond donors (Lipinski definition) is 1. The monoisotopic (exact) mass is 300 g/mol. The number of rotatable bonds is 3. The third-order valence-electron chi connectivity index (χ3n) is 4.88. The lowest BCUT2D eigenvalue weighted by molar-refractivity contribution is -0.0271. The van der Waals surface area contributed by atoms with Crippen LogP contribution in [-0.4, -0.2) is 53.3 Å². The average Bonchev–Trinajstić information content (AvgIpc) is 2.56. The first-order valence-corrected chi connectivity index (χ1v) is 8.25. The minimum atomic E-state index is -0.483. The second-order valence-electron chi connectivity index (χ2n) is 6.53. The molecule has 1 aromatic rings. The predicted molar refractivity (Wildman–Crippen MR) is 85.6 cm³/mol. The van der Waals surface area contributed by atoms with Gasteiger partial charge in [-0.1, -0.05) is 19.3 Å². The topological polar surface area (TPSA) is 63.4 Å². The zero-order valence-corrected chi connectivity index (χ0v) is 13.0. The molecule has 0 amide bonds. The van der Waals surface area contributed by atoms with E-state index in [1.54, 1.807) is 12.3 Å². The van der Waals surface area contributed by atoms with Gasteiger partial charge in [-0.2, -0.15) is 5.26 Å². The van der Waals surface area contributed by atoms with Gasteiger partial charge in [0.25, 0.3) is 0 Å². The maximum absolute atomic E-state index is 10.7. The Balaban J connectivity index is 1.57. The van der Waals surface area contributed by atoms with Crippen molar-refractivity contribution in [2.24, 2.45) is 0 Å². The SMILES string of the molecule is N#Cc1cccnc1N1CCN(CC2(O)CCCCC2)CC1. The fourth-order valence-corrected chi connectivity index (χ4v) is 3.64. The molecule has 0 atom stereocenters. The molecule has 0 unspecified atom stereocenters. The summed E-state index contributed by atoms with van der Waals surface area (Å²) in [6, 6.07) is 5.84. The Morgan fingerprint density at radius 3 is 2.59 bits per heavy atom. The van der Waals surface area contributed by atoms with Crippen LogP contribution >= 0.6 is 0 Å². The smallest absolute Gasteiger partial charge is 0.146 e. The van der Waals surface area contributed by atoms with E-state index >= 15 is 0 Å². The van der Waals surface area contributed by atoms with Crippen LogP contribution in [0.2, 0.25) is 0 Å². The number of anilines is 1. The largest absolute Gasteiger partial charge is 0.389 e. The molecular formula is C17H24N4O. The molecule has 0 aromatic carbocycles. The van der Waals surface area contributed by atoms with Crippen molar-refractivity contribution >= 4 is 5.82 Å². The fraction of sp³-hybridized carbons (Fsp3) is 0.647. The Morgan fingerprint density at radius 1 is 1.18 bits per heavy atom. The summed E-state index contributed by atoms with van der Waals surface area (Å²) in [6.07, 6.45) is 7.17. The van der Waals surface area contributed by atoms with Crippen molar-refractivity contribution in [3.05, 3.63) is 23.9 Å². The Bertz CT molecular complexity index is 540. The van der Waals surface area contributed by atoms with Crippen LogP contribution in [0.15, 0.2) is 18.3 Å². The molecule has 1 saturated heterocycles. The van der Waals surface area contributed by atoms with Gasteiger partial charge in [-0.25, -0.2) is 4.98 Å². The molecule has 0 bridgehead atoms. The molecule has 1 aromatic heterocycles. The summed E-state index contributed by atoms with van der Waals surface area (Å²) in [6.45, 7) is 4.35. The van der Waals surface area contributed by atoms with E-state index in [1.807, 2.05) is 6.07 Å². The molecule has 5 heteroatoms. The zero-order valence-electron chi connectivity index (χ0n) is 13.0. The van der Waals surface area contributed by atoms with Crippen molar-refractivity contribution in [2.75, 3.05) is 37.6 Å². The minimum Gasteiger partial charge on any atom is -0.389 e. The normalized spacial score (nSPS) is 22.3. The van der Waals surface area contributed by atoms with Gasteiger partial charge in [-0.15, -0.1) is 0 Å². The van der Waals surface area contributed by atoms with Gasteiger partial charge >= 0.3 is 0 Å². The summed E-state index contributed by atoms with van der Waals surface area (Å²) < 4.78 is 0. The number of piperazine rings is 1. The van der Waals surface area contributed by atoms with Crippen molar-refractivity contribution < 1.29 is 5.11 Å². The van der Waals surface area contributed by atoms with Gasteiger partial charge in [0.05, 0.1) is 11.2 Å². The van der Waals surface area contributed by atoms with E-state index in [2.05, 4.69) is 20.9 Å². The molecular weight excluding hydrogens is 276 g/mol. The van der Waals surface area contributed by atoms with Crippen LogP contribution in [-0.2, 0) is 0 Å². The van der Waals surface area contributed by atoms with Gasteiger partial charge in [0.15, 0.2) is 0 Å². The molecule has 5 nitrogen and oxygen atoms in total. The Labute approximate surface area is 132 Å². The Kier molecular flexibility index (Phi) is 4.60. The number of β-amino-alcohol motifs (C(OH)–C–C–N with tert-alkyl or cyclic N) is 1. The molecule has 2 aliphatic rings. The van der Waals surface area contributed by atoms with Gasteiger partial charge < -0.3 is 10.0 Å². The molecule has 1 saturated carbocycles. The van der Waals surface area contributed by atoms with Gasteiger partial charge in [-0.3, -0.25) is 4.90 Å². The van der Waals surface area contributed by atoms with Crippen LogP contribution in [0, 0.1) is 11.3 Å². The number of pyridine rings is 1. The van der Waals surface area contributed by atoms with Crippen LogP contribution in [0.5, 0.6) is 0 Å². The van der Waals surface area contributed by atoms with Crippen LogP contribution in [0.25, 0.3) is 0 Å². The van der Waals surface area contributed by atoms with Crippen LogP contribution in [0.3, 0.4) is 0 Å². The molecule has 118 valence electrons. The summed E-state index contributed by atoms with van der Waals surface area (Å²) in [5.74, 6) is 0.793. The van der Waals surface area contributed by atoms with E-state index in [9.17, 15) is 10.4 Å². The van der Waals surface area contributed by atoms with Crippen molar-refractivity contribution in [3.8, 4) is 6.07 Å². The average molecular weight is 300 g/mol. The standard InChI is InChI=1S/C17H24N4O/c18-13-15-5-4-8-19-16(15)21-11-9-20(10-12-21)14-17(22)6-2-1-3-7-17/h4-5,8,22H,1-3,6-7,9-12,14H2. The molecule has 3 rings (SSSR count). The van der Waals surface area contributed by atoms with Crippen molar-refractivity contribution in [2.45, 2.75) is 37.7 Å². The van der Waals surface area contributed by atoms with Gasteiger partial charge in [0.2, 0.25) is 0 Å². The molecule has 0 radical (unpaired) electrons. The first kappa shape index (κ1) is 15.3. The number of nitrogens with zero attached hydrogens (tertiary/aromatic N) is 4. The third-order valence-corrected chi connectivity index (χ3v) is 4.88. The highest BCUT2D eigenvalue weighted by Gasteiger charge is 2.32. The molecule has 2 heterocycles. The highest BCUT2D eigenvalue weighted by Crippen LogP contribution is 2.29. The predicted octanol–water partition coefficient (Wildman–Crippen LogP) is 1.77. The quantitative estimate of drug-likeness (QED) is 0.922. The lowest BCUT2D eigenvalue weighted by atomic mass is 9.84. The van der Waals surface area contributed by atoms with E-state index in [0.717, 1.165) is 64.2 Å². The summed E-state index contributed by atoms with van der Waals surface area (Å²) in [7, 11) is 0. The van der Waals surface area contributed by atoms with Crippen LogP contribution in [0.4, 0.5) is 5.82 Å². The number of nitriles is 1. The number of aromatic nitrogens is 1. The zero-order chi connectivity index (χ0) is 15.4. The second kappa shape index (κ2) is 6.64. The molecule has 1 aliphatic heterocycles. The Morgan fingerprint density at radius 2 is 1.91 bits per heavy atom. The summed E-state index contributed by atoms with van der Waals surface area (Å²) in [5.41, 5.74) is 0.158.